The summed E-state index contributed by atoms with van der Waals surface area (Å²) in [6.45, 7) is 8.13. The van der Waals surface area contributed by atoms with Gasteiger partial charge in [-0.3, -0.25) is 4.79 Å². The number of rotatable bonds is 3. The molecular weight excluding hydrogens is 290 g/mol. The molecule has 2 N–H and O–H groups in total. The molecule has 1 atom stereocenters. The zero-order valence-corrected chi connectivity index (χ0v) is 13.9. The second kappa shape index (κ2) is 5.77. The minimum Gasteiger partial charge on any atom is -0.338 e. The second-order valence-corrected chi connectivity index (χ2v) is 6.74. The summed E-state index contributed by atoms with van der Waals surface area (Å²) in [7, 11) is 0. The van der Waals surface area contributed by atoms with Gasteiger partial charge in [-0.2, -0.15) is 5.10 Å². The van der Waals surface area contributed by atoms with E-state index in [2.05, 4.69) is 17.0 Å². The van der Waals surface area contributed by atoms with E-state index in [1.54, 1.807) is 10.9 Å². The number of nitrogens with two attached hydrogens (primary N) is 1. The molecule has 2 aromatic rings. The first-order valence-corrected chi connectivity index (χ1v) is 7.91. The largest absolute Gasteiger partial charge is 0.338 e. The van der Waals surface area contributed by atoms with Crippen molar-refractivity contribution in [3.63, 3.8) is 0 Å². The first-order chi connectivity index (χ1) is 10.9. The number of pyridine rings is 1. The van der Waals surface area contributed by atoms with E-state index in [1.165, 1.54) is 0 Å². The molecule has 2 aromatic heterocycles. The van der Waals surface area contributed by atoms with Crippen molar-refractivity contribution in [2.75, 3.05) is 19.6 Å². The molecule has 1 fully saturated rings. The van der Waals surface area contributed by atoms with Gasteiger partial charge in [0.05, 0.1) is 11.3 Å². The maximum Gasteiger partial charge on any atom is 0.255 e. The summed E-state index contributed by atoms with van der Waals surface area (Å²) in [6.07, 6.45) is 2.58. The first kappa shape index (κ1) is 15.7. The maximum atomic E-state index is 12.6. The standard InChI is InChI=1S/C17H23N5O/c1-12-8-13(2)22(20-12)15-5-4-14(9-19-15)16(23)21-7-6-17(3,10-18)11-21/h4-5,8-9H,6-7,10-11,18H2,1-3H3. The predicted molar refractivity (Wildman–Crippen MR) is 88.5 cm³/mol. The normalized spacial score (nSPS) is 21.0. The van der Waals surface area contributed by atoms with E-state index in [4.69, 9.17) is 5.73 Å². The lowest BCUT2D eigenvalue weighted by Crippen LogP contribution is -2.34. The van der Waals surface area contributed by atoms with Gasteiger partial charge in [0.25, 0.3) is 5.91 Å². The van der Waals surface area contributed by atoms with Crippen LogP contribution in [0.2, 0.25) is 0 Å². The Hall–Kier alpha value is -2.21. The third-order valence-corrected chi connectivity index (χ3v) is 4.56. The van der Waals surface area contributed by atoms with Gasteiger partial charge in [0.15, 0.2) is 5.82 Å². The SMILES string of the molecule is Cc1cc(C)n(-c2ccc(C(=O)N3CCC(C)(CN)C3)cn2)n1. The number of hydrogen-bond acceptors (Lipinski definition) is 4. The Balaban J connectivity index is 1.77. The van der Waals surface area contributed by atoms with Gasteiger partial charge >= 0.3 is 0 Å². The molecular formula is C17H23N5O. The highest BCUT2D eigenvalue weighted by Crippen LogP contribution is 2.29. The predicted octanol–water partition coefficient (Wildman–Crippen LogP) is 1.70. The molecule has 0 spiro atoms. The van der Waals surface area contributed by atoms with E-state index in [-0.39, 0.29) is 11.3 Å². The third-order valence-electron chi connectivity index (χ3n) is 4.56. The van der Waals surface area contributed by atoms with Crippen LogP contribution in [0.25, 0.3) is 5.82 Å². The zero-order chi connectivity index (χ0) is 16.6. The van der Waals surface area contributed by atoms with Gasteiger partial charge < -0.3 is 10.6 Å². The van der Waals surface area contributed by atoms with Gasteiger partial charge in [0.1, 0.15) is 0 Å². The van der Waals surface area contributed by atoms with Crippen molar-refractivity contribution in [2.24, 2.45) is 11.1 Å². The van der Waals surface area contributed by atoms with E-state index in [1.807, 2.05) is 36.9 Å². The minimum atomic E-state index is 0.0228. The molecule has 6 nitrogen and oxygen atoms in total. The molecule has 1 aliphatic rings. The van der Waals surface area contributed by atoms with Crippen molar-refractivity contribution in [1.82, 2.24) is 19.7 Å². The fourth-order valence-corrected chi connectivity index (χ4v) is 3.04. The van der Waals surface area contributed by atoms with Crippen molar-refractivity contribution in [3.8, 4) is 5.82 Å². The van der Waals surface area contributed by atoms with Crippen molar-refractivity contribution < 1.29 is 4.79 Å². The summed E-state index contributed by atoms with van der Waals surface area (Å²) in [5.41, 5.74) is 8.42. The Kier molecular flexibility index (Phi) is 3.93. The van der Waals surface area contributed by atoms with Crippen molar-refractivity contribution in [1.29, 1.82) is 0 Å². The van der Waals surface area contributed by atoms with Crippen LogP contribution < -0.4 is 5.73 Å². The van der Waals surface area contributed by atoms with Crippen molar-refractivity contribution in [3.05, 3.63) is 41.3 Å². The van der Waals surface area contributed by atoms with Gasteiger partial charge in [-0.05, 0) is 50.4 Å². The Labute approximate surface area is 136 Å². The molecule has 3 heterocycles. The van der Waals surface area contributed by atoms with E-state index < -0.39 is 0 Å². The number of amides is 1. The Morgan fingerprint density at radius 3 is 2.70 bits per heavy atom. The van der Waals surface area contributed by atoms with Crippen LogP contribution in [0.1, 0.15) is 35.1 Å². The molecule has 0 radical (unpaired) electrons. The van der Waals surface area contributed by atoms with Crippen molar-refractivity contribution in [2.45, 2.75) is 27.2 Å². The smallest absolute Gasteiger partial charge is 0.255 e. The minimum absolute atomic E-state index is 0.0228. The van der Waals surface area contributed by atoms with Gasteiger partial charge in [0.2, 0.25) is 0 Å². The molecule has 6 heteroatoms. The van der Waals surface area contributed by atoms with Gasteiger partial charge in [-0.1, -0.05) is 6.92 Å². The van der Waals surface area contributed by atoms with Crippen LogP contribution in [0.15, 0.2) is 24.4 Å². The summed E-state index contributed by atoms with van der Waals surface area (Å²) < 4.78 is 1.78. The van der Waals surface area contributed by atoms with Crippen LogP contribution >= 0.6 is 0 Å². The highest BCUT2D eigenvalue weighted by Gasteiger charge is 2.35. The fourth-order valence-electron chi connectivity index (χ4n) is 3.04. The molecule has 0 saturated carbocycles. The number of hydrogen-bond donors (Lipinski definition) is 1. The number of carbonyl (C=O) groups is 1. The number of aryl methyl sites for hydroxylation is 2. The number of aromatic nitrogens is 3. The van der Waals surface area contributed by atoms with Gasteiger partial charge in [-0.25, -0.2) is 9.67 Å². The highest BCUT2D eigenvalue weighted by atomic mass is 16.2. The number of likely N-dealkylation sites (tertiary alicyclic amines) is 1. The fraction of sp³-hybridized carbons (Fsp3) is 0.471. The monoisotopic (exact) mass is 313 g/mol. The Bertz CT molecular complexity index is 721. The van der Waals surface area contributed by atoms with Gasteiger partial charge in [0, 0.05) is 25.0 Å². The molecule has 1 aliphatic heterocycles. The van der Waals surface area contributed by atoms with Crippen LogP contribution in [0.4, 0.5) is 0 Å². The van der Waals surface area contributed by atoms with Crippen LogP contribution in [0.3, 0.4) is 0 Å². The van der Waals surface area contributed by atoms with Gasteiger partial charge in [-0.15, -0.1) is 0 Å². The molecule has 1 saturated heterocycles. The van der Waals surface area contributed by atoms with E-state index in [0.29, 0.717) is 18.7 Å². The average molecular weight is 313 g/mol. The van der Waals surface area contributed by atoms with Crippen LogP contribution in [-0.2, 0) is 0 Å². The quantitative estimate of drug-likeness (QED) is 0.935. The summed E-state index contributed by atoms with van der Waals surface area (Å²) in [6, 6.07) is 5.66. The lowest BCUT2D eigenvalue weighted by Gasteiger charge is -2.22. The van der Waals surface area contributed by atoms with Crippen molar-refractivity contribution >= 4 is 5.91 Å². The van der Waals surface area contributed by atoms with E-state index in [9.17, 15) is 4.79 Å². The van der Waals surface area contributed by atoms with Crippen LogP contribution in [0, 0.1) is 19.3 Å². The Morgan fingerprint density at radius 2 is 2.17 bits per heavy atom. The molecule has 0 aliphatic carbocycles. The second-order valence-electron chi connectivity index (χ2n) is 6.74. The zero-order valence-electron chi connectivity index (χ0n) is 13.9. The molecule has 122 valence electrons. The lowest BCUT2D eigenvalue weighted by molar-refractivity contribution is 0.0776. The third kappa shape index (κ3) is 2.99. The number of carbonyl (C=O) groups excluding carboxylic acids is 1. The Morgan fingerprint density at radius 1 is 1.39 bits per heavy atom. The summed E-state index contributed by atoms with van der Waals surface area (Å²) in [5.74, 6) is 0.745. The average Bonchev–Trinajstić information content (AvgIpc) is 3.10. The molecule has 23 heavy (non-hydrogen) atoms. The molecule has 1 unspecified atom stereocenters. The maximum absolute atomic E-state index is 12.6. The molecule has 3 rings (SSSR count). The first-order valence-electron chi connectivity index (χ1n) is 7.91. The highest BCUT2D eigenvalue weighted by molar-refractivity contribution is 5.94. The molecule has 0 aromatic carbocycles. The molecule has 0 bridgehead atoms. The summed E-state index contributed by atoms with van der Waals surface area (Å²) in [5, 5.41) is 4.41. The van der Waals surface area contributed by atoms with E-state index in [0.717, 1.165) is 30.2 Å². The summed E-state index contributed by atoms with van der Waals surface area (Å²) >= 11 is 0. The van der Waals surface area contributed by atoms with E-state index >= 15 is 0 Å². The summed E-state index contributed by atoms with van der Waals surface area (Å²) in [4.78, 5) is 18.9. The topological polar surface area (TPSA) is 77.0 Å². The lowest BCUT2D eigenvalue weighted by atomic mass is 9.90. The van der Waals surface area contributed by atoms with Crippen LogP contribution in [-0.4, -0.2) is 45.2 Å². The molecule has 1 amide bonds. The van der Waals surface area contributed by atoms with Crippen LogP contribution in [0.5, 0.6) is 0 Å². The number of nitrogens with zero attached hydrogens (tertiary/aromatic N) is 4.